The second kappa shape index (κ2) is 9.28. The lowest BCUT2D eigenvalue weighted by molar-refractivity contribution is -0.117. The molecule has 0 radical (unpaired) electrons. The third kappa shape index (κ3) is 6.20. The number of rotatable bonds is 5. The second-order valence-electron chi connectivity index (χ2n) is 4.78. The van der Waals surface area contributed by atoms with E-state index in [0.29, 0.717) is 11.4 Å². The summed E-state index contributed by atoms with van der Waals surface area (Å²) in [5.74, 6) is 0.0680. The van der Waals surface area contributed by atoms with E-state index in [9.17, 15) is 4.79 Å². The van der Waals surface area contributed by atoms with Gasteiger partial charge in [-0.05, 0) is 54.2 Å². The van der Waals surface area contributed by atoms with E-state index in [2.05, 4.69) is 16.7 Å². The fourth-order valence-corrected chi connectivity index (χ4v) is 2.86. The van der Waals surface area contributed by atoms with E-state index >= 15 is 0 Å². The molecule has 122 valence electrons. The predicted molar refractivity (Wildman–Crippen MR) is 102 cm³/mol. The lowest BCUT2D eigenvalue weighted by Gasteiger charge is -2.10. The van der Waals surface area contributed by atoms with Crippen LogP contribution in [0.25, 0.3) is 0 Å². The third-order valence-electron chi connectivity index (χ3n) is 2.93. The van der Waals surface area contributed by atoms with E-state index in [0.717, 1.165) is 16.1 Å². The number of halogens is 1. The molecule has 0 bridgehead atoms. The van der Waals surface area contributed by atoms with Crippen LogP contribution in [-0.4, -0.2) is 16.8 Å². The normalized spacial score (nSPS) is 9.83. The Labute approximate surface area is 155 Å². The minimum atomic E-state index is -0.187. The van der Waals surface area contributed by atoms with Gasteiger partial charge in [0, 0.05) is 15.6 Å². The number of nitrogens with one attached hydrogen (secondary N) is 2. The van der Waals surface area contributed by atoms with E-state index in [4.69, 9.17) is 29.1 Å². The zero-order chi connectivity index (χ0) is 17.4. The number of carbonyl (C=O) groups is 1. The molecule has 24 heavy (non-hydrogen) atoms. The molecular weight excluding hydrogens is 362 g/mol. The van der Waals surface area contributed by atoms with Gasteiger partial charge in [-0.2, -0.15) is 5.26 Å². The summed E-state index contributed by atoms with van der Waals surface area (Å²) in [5, 5.41) is 15.1. The molecule has 4 nitrogen and oxygen atoms in total. The number of nitrogens with zero attached hydrogens (tertiary/aromatic N) is 1. The largest absolute Gasteiger partial charge is 0.332 e. The van der Waals surface area contributed by atoms with Crippen molar-refractivity contribution in [3.8, 4) is 6.07 Å². The number of amides is 1. The van der Waals surface area contributed by atoms with E-state index < -0.39 is 0 Å². The van der Waals surface area contributed by atoms with E-state index in [-0.39, 0.29) is 16.8 Å². The first-order valence-electron chi connectivity index (χ1n) is 7.02. The Bertz CT molecular complexity index is 755. The van der Waals surface area contributed by atoms with Crippen molar-refractivity contribution in [2.45, 2.75) is 11.3 Å². The number of benzene rings is 2. The van der Waals surface area contributed by atoms with Crippen molar-refractivity contribution >= 4 is 52.3 Å². The van der Waals surface area contributed by atoms with Crippen LogP contribution in [0.1, 0.15) is 5.56 Å². The molecule has 0 aliphatic carbocycles. The predicted octanol–water partition coefficient (Wildman–Crippen LogP) is 4.01. The van der Waals surface area contributed by atoms with Crippen LogP contribution in [-0.2, 0) is 11.2 Å². The summed E-state index contributed by atoms with van der Waals surface area (Å²) in [5.41, 5.74) is 1.68. The first-order valence-corrected chi connectivity index (χ1v) is 8.79. The average Bonchev–Trinajstić information content (AvgIpc) is 2.56. The molecule has 0 atom stereocenters. The lowest BCUT2D eigenvalue weighted by atomic mass is 10.1. The van der Waals surface area contributed by atoms with Gasteiger partial charge in [-0.15, -0.1) is 11.8 Å². The van der Waals surface area contributed by atoms with Gasteiger partial charge < -0.3 is 10.6 Å². The summed E-state index contributed by atoms with van der Waals surface area (Å²) >= 11 is 12.3. The van der Waals surface area contributed by atoms with Crippen LogP contribution in [0.2, 0.25) is 5.02 Å². The number of thioether (sulfide) groups is 1. The molecule has 0 spiro atoms. The van der Waals surface area contributed by atoms with Crippen LogP contribution in [0.15, 0.2) is 53.4 Å². The van der Waals surface area contributed by atoms with Gasteiger partial charge in [0.05, 0.1) is 18.2 Å². The van der Waals surface area contributed by atoms with Gasteiger partial charge in [-0.3, -0.25) is 4.79 Å². The lowest BCUT2D eigenvalue weighted by Crippen LogP contribution is -2.35. The van der Waals surface area contributed by atoms with Gasteiger partial charge >= 0.3 is 0 Å². The van der Waals surface area contributed by atoms with Crippen molar-refractivity contribution in [3.05, 3.63) is 59.1 Å². The zero-order valence-electron chi connectivity index (χ0n) is 12.6. The van der Waals surface area contributed by atoms with Crippen molar-refractivity contribution in [2.24, 2.45) is 0 Å². The average molecular weight is 376 g/mol. The summed E-state index contributed by atoms with van der Waals surface area (Å²) in [6, 6.07) is 16.7. The van der Waals surface area contributed by atoms with Crippen LogP contribution in [0.5, 0.6) is 0 Å². The highest BCUT2D eigenvalue weighted by Crippen LogP contribution is 2.19. The van der Waals surface area contributed by atoms with Gasteiger partial charge in [0.15, 0.2) is 5.11 Å². The molecule has 7 heteroatoms. The van der Waals surface area contributed by atoms with Gasteiger partial charge in [-0.25, -0.2) is 0 Å². The molecule has 0 aromatic heterocycles. The van der Waals surface area contributed by atoms with Crippen molar-refractivity contribution in [1.82, 2.24) is 5.32 Å². The molecule has 2 aromatic rings. The monoisotopic (exact) mass is 375 g/mol. The van der Waals surface area contributed by atoms with Crippen molar-refractivity contribution < 1.29 is 4.79 Å². The van der Waals surface area contributed by atoms with Gasteiger partial charge in [0.2, 0.25) is 5.91 Å². The van der Waals surface area contributed by atoms with Crippen LogP contribution >= 0.6 is 35.6 Å². The van der Waals surface area contributed by atoms with Crippen LogP contribution in [0, 0.1) is 11.3 Å². The molecular formula is C17H14ClN3OS2. The van der Waals surface area contributed by atoms with Gasteiger partial charge in [-0.1, -0.05) is 23.7 Å². The Morgan fingerprint density at radius 3 is 2.46 bits per heavy atom. The summed E-state index contributed by atoms with van der Waals surface area (Å²) in [6.45, 7) is 0. The molecule has 0 saturated heterocycles. The second-order valence-corrected chi connectivity index (χ2v) is 6.67. The summed E-state index contributed by atoms with van der Waals surface area (Å²) in [7, 11) is 0. The highest BCUT2D eigenvalue weighted by atomic mass is 35.5. The fraction of sp³-hybridized carbons (Fsp3) is 0.118. The Balaban J connectivity index is 1.77. The van der Waals surface area contributed by atoms with E-state index in [1.165, 1.54) is 11.8 Å². The summed E-state index contributed by atoms with van der Waals surface area (Å²) < 4.78 is 0. The molecule has 1 amide bonds. The molecule has 2 aromatic carbocycles. The molecule has 0 heterocycles. The Morgan fingerprint density at radius 2 is 1.83 bits per heavy atom. The third-order valence-corrected chi connectivity index (χ3v) is 4.40. The number of hydrogen-bond acceptors (Lipinski definition) is 4. The Kier molecular flexibility index (Phi) is 7.07. The summed E-state index contributed by atoms with van der Waals surface area (Å²) in [4.78, 5) is 12.9. The summed E-state index contributed by atoms with van der Waals surface area (Å²) in [6.07, 6.45) is 0.364. The SMILES string of the molecule is N#CCc1ccc(NC(=S)NC(=O)CSc2ccc(Cl)cc2)cc1. The van der Waals surface area contributed by atoms with Crippen LogP contribution in [0.3, 0.4) is 0 Å². The number of anilines is 1. The number of hydrogen-bond donors (Lipinski definition) is 2. The maximum Gasteiger partial charge on any atom is 0.236 e. The van der Waals surface area contributed by atoms with Gasteiger partial charge in [0.1, 0.15) is 0 Å². The fourth-order valence-electron chi connectivity index (χ4n) is 1.80. The molecule has 2 N–H and O–H groups in total. The smallest absolute Gasteiger partial charge is 0.236 e. The highest BCUT2D eigenvalue weighted by Gasteiger charge is 2.06. The molecule has 0 aliphatic heterocycles. The standard InChI is InChI=1S/C17H14ClN3OS2/c18-13-3-7-15(8-4-13)24-11-16(22)21-17(23)20-14-5-1-12(2-6-14)9-10-19/h1-8H,9,11H2,(H2,20,21,22,23). The maximum atomic E-state index is 11.9. The van der Waals surface area contributed by atoms with Crippen molar-refractivity contribution in [1.29, 1.82) is 5.26 Å². The maximum absolute atomic E-state index is 11.9. The molecule has 0 aliphatic rings. The zero-order valence-corrected chi connectivity index (χ0v) is 15.0. The van der Waals surface area contributed by atoms with Crippen LogP contribution < -0.4 is 10.6 Å². The highest BCUT2D eigenvalue weighted by molar-refractivity contribution is 8.00. The van der Waals surface area contributed by atoms with E-state index in [1.807, 2.05) is 36.4 Å². The molecule has 0 fully saturated rings. The number of nitriles is 1. The molecule has 0 saturated carbocycles. The number of thiocarbonyl (C=S) groups is 1. The molecule has 2 rings (SSSR count). The van der Waals surface area contributed by atoms with Crippen molar-refractivity contribution in [3.63, 3.8) is 0 Å². The van der Waals surface area contributed by atoms with Crippen LogP contribution in [0.4, 0.5) is 5.69 Å². The minimum absolute atomic E-state index is 0.187. The van der Waals surface area contributed by atoms with Crippen molar-refractivity contribution in [2.75, 3.05) is 11.1 Å². The van der Waals surface area contributed by atoms with E-state index in [1.54, 1.807) is 12.1 Å². The Morgan fingerprint density at radius 1 is 1.17 bits per heavy atom. The van der Waals surface area contributed by atoms with Gasteiger partial charge in [0.25, 0.3) is 0 Å². The number of carbonyl (C=O) groups excluding carboxylic acids is 1. The minimum Gasteiger partial charge on any atom is -0.332 e. The molecule has 0 unspecified atom stereocenters. The Hall–Kier alpha value is -2.07. The first-order chi connectivity index (χ1) is 11.6. The topological polar surface area (TPSA) is 64.9 Å². The first kappa shape index (κ1) is 18.3. The quantitative estimate of drug-likeness (QED) is 0.610.